The molecule has 0 N–H and O–H groups in total. The van der Waals surface area contributed by atoms with Gasteiger partial charge < -0.3 is 0 Å². The molecule has 1 unspecified atom stereocenters. The van der Waals surface area contributed by atoms with Crippen LogP contribution in [-0.2, 0) is 0 Å². The van der Waals surface area contributed by atoms with Crippen molar-refractivity contribution in [2.24, 2.45) is 5.92 Å². The summed E-state index contributed by atoms with van der Waals surface area (Å²) in [6.45, 7) is 5.02. The molecular weight excluding hydrogens is 141 g/mol. The molecule has 0 aromatic heterocycles. The van der Waals surface area contributed by atoms with Crippen LogP contribution in [0.3, 0.4) is 0 Å². The molecular formula is C7H12F3. The van der Waals surface area contributed by atoms with Crippen molar-refractivity contribution < 1.29 is 13.2 Å². The van der Waals surface area contributed by atoms with Gasteiger partial charge in [-0.15, -0.1) is 0 Å². The minimum atomic E-state index is -4.02. The molecule has 0 aliphatic rings. The first-order valence-electron chi connectivity index (χ1n) is 3.19. The normalized spacial score (nSPS) is 15.9. The van der Waals surface area contributed by atoms with Crippen molar-refractivity contribution in [2.45, 2.75) is 33.4 Å². The summed E-state index contributed by atoms with van der Waals surface area (Å²) in [5.74, 6) is 0.484. The van der Waals surface area contributed by atoms with E-state index in [0.717, 1.165) is 5.92 Å². The van der Waals surface area contributed by atoms with E-state index in [1.807, 2.05) is 0 Å². The number of halogens is 3. The van der Waals surface area contributed by atoms with Crippen LogP contribution in [0.15, 0.2) is 0 Å². The van der Waals surface area contributed by atoms with Crippen LogP contribution in [0.5, 0.6) is 0 Å². The van der Waals surface area contributed by atoms with Gasteiger partial charge in [-0.3, -0.25) is 0 Å². The number of alkyl halides is 3. The zero-order chi connectivity index (χ0) is 8.36. The topological polar surface area (TPSA) is 0 Å². The van der Waals surface area contributed by atoms with Crippen molar-refractivity contribution in [1.29, 1.82) is 0 Å². The number of hydrogen-bond donors (Lipinski definition) is 0. The molecule has 3 heteroatoms. The fourth-order valence-corrected chi connectivity index (χ4v) is 0.551. The van der Waals surface area contributed by atoms with Crippen LogP contribution in [0.2, 0.25) is 0 Å². The van der Waals surface area contributed by atoms with Gasteiger partial charge in [0.1, 0.15) is 0 Å². The van der Waals surface area contributed by atoms with Gasteiger partial charge in [0.15, 0.2) is 0 Å². The summed E-state index contributed by atoms with van der Waals surface area (Å²) in [7, 11) is 0. The Morgan fingerprint density at radius 1 is 1.30 bits per heavy atom. The quantitative estimate of drug-likeness (QED) is 0.571. The highest BCUT2D eigenvalue weighted by atomic mass is 19.4. The zero-order valence-electron chi connectivity index (χ0n) is 6.42. The molecule has 0 aromatic rings. The largest absolute Gasteiger partial charge is 0.389 e. The molecule has 0 heterocycles. The monoisotopic (exact) mass is 153 g/mol. The molecule has 10 heavy (non-hydrogen) atoms. The molecule has 0 amide bonds. The van der Waals surface area contributed by atoms with Crippen molar-refractivity contribution in [2.75, 3.05) is 0 Å². The average molecular weight is 153 g/mol. The van der Waals surface area contributed by atoms with E-state index in [1.54, 1.807) is 20.8 Å². The molecule has 0 rings (SSSR count). The molecule has 0 saturated heterocycles. The van der Waals surface area contributed by atoms with Crippen LogP contribution < -0.4 is 0 Å². The molecule has 0 aliphatic heterocycles. The van der Waals surface area contributed by atoms with E-state index in [9.17, 15) is 13.2 Å². The Morgan fingerprint density at radius 2 is 1.70 bits per heavy atom. The summed E-state index contributed by atoms with van der Waals surface area (Å²) in [5, 5.41) is 0. The van der Waals surface area contributed by atoms with Gasteiger partial charge in [0.2, 0.25) is 0 Å². The van der Waals surface area contributed by atoms with Crippen LogP contribution in [0.4, 0.5) is 13.2 Å². The Balaban J connectivity index is 3.68. The van der Waals surface area contributed by atoms with Crippen molar-refractivity contribution in [3.05, 3.63) is 5.92 Å². The van der Waals surface area contributed by atoms with E-state index in [2.05, 4.69) is 0 Å². The lowest BCUT2D eigenvalue weighted by atomic mass is 9.95. The maximum atomic E-state index is 11.7. The van der Waals surface area contributed by atoms with Crippen molar-refractivity contribution in [3.63, 3.8) is 0 Å². The highest BCUT2D eigenvalue weighted by Crippen LogP contribution is 2.28. The Hall–Kier alpha value is -0.210. The number of rotatable bonds is 2. The fourth-order valence-electron chi connectivity index (χ4n) is 0.551. The molecule has 1 radical (unpaired) electrons. The standard InChI is InChI=1S/C7H12F3/c1-5(2)6(3)4-7(8,9)10/h6H,4H2,1-3H3. The molecule has 0 aromatic carbocycles. The van der Waals surface area contributed by atoms with E-state index in [1.165, 1.54) is 0 Å². The third-order valence-corrected chi connectivity index (χ3v) is 1.52. The predicted molar refractivity (Wildman–Crippen MR) is 34.4 cm³/mol. The first kappa shape index (κ1) is 9.79. The minimum Gasteiger partial charge on any atom is -0.171 e. The van der Waals surface area contributed by atoms with Crippen LogP contribution in [0, 0.1) is 11.8 Å². The van der Waals surface area contributed by atoms with Crippen molar-refractivity contribution in [1.82, 2.24) is 0 Å². The van der Waals surface area contributed by atoms with Gasteiger partial charge >= 0.3 is 6.18 Å². The summed E-state index contributed by atoms with van der Waals surface area (Å²) < 4.78 is 35.0. The van der Waals surface area contributed by atoms with E-state index >= 15 is 0 Å². The van der Waals surface area contributed by atoms with Gasteiger partial charge in [0.05, 0.1) is 0 Å². The lowest BCUT2D eigenvalue weighted by Gasteiger charge is -2.16. The van der Waals surface area contributed by atoms with Crippen LogP contribution in [-0.4, -0.2) is 6.18 Å². The second-order valence-electron chi connectivity index (χ2n) is 2.80. The lowest BCUT2D eigenvalue weighted by molar-refractivity contribution is -0.142. The van der Waals surface area contributed by atoms with Crippen molar-refractivity contribution in [3.8, 4) is 0 Å². The molecule has 0 bridgehead atoms. The van der Waals surface area contributed by atoms with Crippen LogP contribution in [0.1, 0.15) is 27.2 Å². The van der Waals surface area contributed by atoms with Crippen molar-refractivity contribution >= 4 is 0 Å². The third-order valence-electron chi connectivity index (χ3n) is 1.52. The minimum absolute atomic E-state index is 0.347. The van der Waals surface area contributed by atoms with E-state index in [4.69, 9.17) is 0 Å². The maximum absolute atomic E-state index is 11.7. The lowest BCUT2D eigenvalue weighted by Crippen LogP contribution is -2.15. The van der Waals surface area contributed by atoms with E-state index < -0.39 is 12.6 Å². The van der Waals surface area contributed by atoms with Gasteiger partial charge in [0, 0.05) is 6.42 Å². The first-order chi connectivity index (χ1) is 4.33. The highest BCUT2D eigenvalue weighted by Gasteiger charge is 2.30. The Labute approximate surface area is 59.4 Å². The number of hydrogen-bond acceptors (Lipinski definition) is 0. The summed E-state index contributed by atoms with van der Waals surface area (Å²) in [6, 6.07) is 0. The molecule has 0 nitrogen and oxygen atoms in total. The van der Waals surface area contributed by atoms with E-state index in [-0.39, 0.29) is 5.92 Å². The maximum Gasteiger partial charge on any atom is 0.389 e. The summed E-state index contributed by atoms with van der Waals surface area (Å²) in [4.78, 5) is 0. The Morgan fingerprint density at radius 3 is 1.80 bits per heavy atom. The second kappa shape index (κ2) is 3.26. The molecule has 0 aliphatic carbocycles. The van der Waals surface area contributed by atoms with Gasteiger partial charge in [-0.25, -0.2) is 0 Å². The van der Waals surface area contributed by atoms with Crippen LogP contribution in [0.25, 0.3) is 0 Å². The smallest absolute Gasteiger partial charge is 0.171 e. The molecule has 0 spiro atoms. The average Bonchev–Trinajstić information content (AvgIpc) is 1.60. The second-order valence-corrected chi connectivity index (χ2v) is 2.80. The van der Waals surface area contributed by atoms with E-state index in [0.29, 0.717) is 0 Å². The predicted octanol–water partition coefficient (Wildman–Crippen LogP) is 3.19. The molecule has 61 valence electrons. The fraction of sp³-hybridized carbons (Fsp3) is 0.857. The first-order valence-corrected chi connectivity index (χ1v) is 3.19. The third kappa shape index (κ3) is 4.65. The van der Waals surface area contributed by atoms with Gasteiger partial charge in [-0.2, -0.15) is 13.2 Å². The summed E-state index contributed by atoms with van der Waals surface area (Å²) >= 11 is 0. The molecule has 1 atom stereocenters. The summed E-state index contributed by atoms with van der Waals surface area (Å²) in [6.07, 6.45) is -4.72. The Kier molecular flexibility index (Phi) is 3.19. The van der Waals surface area contributed by atoms with Gasteiger partial charge in [0.25, 0.3) is 0 Å². The Bertz CT molecular complexity index is 93.5. The SMILES string of the molecule is C[C](C)C(C)CC(F)(F)F. The zero-order valence-corrected chi connectivity index (χ0v) is 6.42. The highest BCUT2D eigenvalue weighted by molar-refractivity contribution is 4.85. The van der Waals surface area contributed by atoms with Gasteiger partial charge in [-0.1, -0.05) is 20.8 Å². The van der Waals surface area contributed by atoms with Crippen LogP contribution >= 0.6 is 0 Å². The molecule has 0 fully saturated rings. The molecule has 0 saturated carbocycles. The summed E-state index contributed by atoms with van der Waals surface area (Å²) in [5.41, 5.74) is 0. The van der Waals surface area contributed by atoms with Gasteiger partial charge in [-0.05, 0) is 11.8 Å².